The van der Waals surface area contributed by atoms with Crippen LogP contribution in [-0.4, -0.2) is 0 Å². The zero-order valence-electron chi connectivity index (χ0n) is 44.4. The number of benzene rings is 13. The van der Waals surface area contributed by atoms with Crippen LogP contribution in [0.25, 0.3) is 89.0 Å². The van der Waals surface area contributed by atoms with Gasteiger partial charge in [-0.1, -0.05) is 267 Å². The quantitative estimate of drug-likeness (QED) is 0.154. The summed E-state index contributed by atoms with van der Waals surface area (Å²) in [5.41, 5.74) is 32.9. The number of hydrogen-bond donors (Lipinski definition) is 0. The van der Waals surface area contributed by atoms with Crippen LogP contribution < -0.4 is 4.90 Å². The van der Waals surface area contributed by atoms with E-state index in [0.29, 0.717) is 0 Å². The Kier molecular flexibility index (Phi) is 9.91. The Bertz CT molecular complexity index is 4560. The van der Waals surface area contributed by atoms with E-state index in [0.717, 1.165) is 17.1 Å². The lowest BCUT2D eigenvalue weighted by Crippen LogP contribution is -2.26. The molecule has 0 saturated heterocycles. The minimum absolute atomic E-state index is 0.417. The van der Waals surface area contributed by atoms with Crippen LogP contribution in [0.15, 0.2) is 309 Å². The van der Waals surface area contributed by atoms with Crippen LogP contribution in [0.5, 0.6) is 0 Å². The lowest BCUT2D eigenvalue weighted by atomic mass is 9.70. The van der Waals surface area contributed by atoms with Crippen LogP contribution in [0.1, 0.15) is 44.5 Å². The molecule has 13 aromatic rings. The molecule has 1 heteroatoms. The van der Waals surface area contributed by atoms with Crippen molar-refractivity contribution in [3.8, 4) is 89.0 Å². The Morgan fingerprint density at radius 3 is 0.901 bits per heavy atom. The molecule has 0 bridgehead atoms. The molecule has 0 amide bonds. The second-order valence-corrected chi connectivity index (χ2v) is 22.2. The van der Waals surface area contributed by atoms with E-state index in [-0.39, 0.29) is 0 Å². The summed E-state index contributed by atoms with van der Waals surface area (Å²) >= 11 is 0. The monoisotopic (exact) mass is 1030 g/mol. The van der Waals surface area contributed by atoms with E-state index in [1.807, 2.05) is 0 Å². The first-order chi connectivity index (χ1) is 40.2. The van der Waals surface area contributed by atoms with Gasteiger partial charge in [-0.25, -0.2) is 0 Å². The van der Waals surface area contributed by atoms with Gasteiger partial charge in [0.05, 0.1) is 16.5 Å². The van der Waals surface area contributed by atoms with E-state index in [1.54, 1.807) is 0 Å². The van der Waals surface area contributed by atoms with Crippen LogP contribution in [0.3, 0.4) is 0 Å². The van der Waals surface area contributed by atoms with Crippen molar-refractivity contribution in [2.24, 2.45) is 0 Å². The summed E-state index contributed by atoms with van der Waals surface area (Å²) in [5, 5.41) is 0. The molecule has 0 atom stereocenters. The first kappa shape index (κ1) is 45.7. The van der Waals surface area contributed by atoms with Gasteiger partial charge in [-0.3, -0.25) is 0 Å². The molecule has 376 valence electrons. The summed E-state index contributed by atoms with van der Waals surface area (Å²) in [6.07, 6.45) is 0. The molecule has 1 nitrogen and oxygen atoms in total. The zero-order valence-corrected chi connectivity index (χ0v) is 44.4. The van der Waals surface area contributed by atoms with Crippen molar-refractivity contribution in [2.75, 3.05) is 4.90 Å². The van der Waals surface area contributed by atoms with Gasteiger partial charge in [0.25, 0.3) is 0 Å². The van der Waals surface area contributed by atoms with Gasteiger partial charge in [0.1, 0.15) is 0 Å². The molecular formula is C80H51N. The molecule has 0 radical (unpaired) electrons. The van der Waals surface area contributed by atoms with Crippen LogP contribution >= 0.6 is 0 Å². The fourth-order valence-corrected chi connectivity index (χ4v) is 15.0. The second-order valence-electron chi connectivity index (χ2n) is 22.2. The normalized spacial score (nSPS) is 13.6. The van der Waals surface area contributed by atoms with Crippen LogP contribution in [0.2, 0.25) is 0 Å². The van der Waals surface area contributed by atoms with Crippen LogP contribution in [0.4, 0.5) is 17.1 Å². The Morgan fingerprint density at radius 1 is 0.185 bits per heavy atom. The first-order valence-corrected chi connectivity index (χ1v) is 28.3. The Labute approximate surface area is 473 Å². The van der Waals surface area contributed by atoms with Crippen molar-refractivity contribution in [3.05, 3.63) is 354 Å². The van der Waals surface area contributed by atoms with Crippen molar-refractivity contribution >= 4 is 17.1 Å². The highest BCUT2D eigenvalue weighted by molar-refractivity contribution is 6.03. The van der Waals surface area contributed by atoms with Gasteiger partial charge in [0.2, 0.25) is 0 Å². The Hall–Kier alpha value is -10.3. The molecule has 4 aliphatic rings. The van der Waals surface area contributed by atoms with E-state index in [4.69, 9.17) is 0 Å². The molecule has 0 saturated carbocycles. The minimum Gasteiger partial charge on any atom is -0.310 e. The number of anilines is 3. The summed E-state index contributed by atoms with van der Waals surface area (Å²) in [6, 6.07) is 116. The SMILES string of the molecule is c1ccc(-c2ccc(-c3ccc(N(c4ccc(-c5ccc6c(c5)C5(c7ccccc7-c7ccccc75)c5ccccc5-6)cc4)c4cc(-c5ccccc5)cc5c4-c4ccccc4C54c5ccccc5-c5ccccc54)cc3)cc2)cc1. The lowest BCUT2D eigenvalue weighted by Gasteiger charge is -2.32. The molecular weight excluding hydrogens is 975 g/mol. The Morgan fingerprint density at radius 2 is 0.469 bits per heavy atom. The molecule has 0 aliphatic heterocycles. The highest BCUT2D eigenvalue weighted by Crippen LogP contribution is 2.66. The Balaban J connectivity index is 0.867. The predicted molar refractivity (Wildman–Crippen MR) is 335 cm³/mol. The summed E-state index contributed by atoms with van der Waals surface area (Å²) in [5.74, 6) is 0. The van der Waals surface area contributed by atoms with E-state index in [2.05, 4.69) is 314 Å². The van der Waals surface area contributed by atoms with Gasteiger partial charge in [-0.15, -0.1) is 0 Å². The fraction of sp³-hybridized carbons (Fsp3) is 0.0250. The average Bonchev–Trinajstić information content (AvgIpc) is 3.36. The maximum Gasteiger partial charge on any atom is 0.0726 e. The zero-order chi connectivity index (χ0) is 53.2. The molecule has 17 rings (SSSR count). The third-order valence-corrected chi connectivity index (χ3v) is 18.3. The molecule has 4 aliphatic carbocycles. The van der Waals surface area contributed by atoms with E-state index >= 15 is 0 Å². The van der Waals surface area contributed by atoms with Gasteiger partial charge in [0.15, 0.2) is 0 Å². The average molecular weight is 1030 g/mol. The van der Waals surface area contributed by atoms with Crippen molar-refractivity contribution in [2.45, 2.75) is 10.8 Å². The highest BCUT2D eigenvalue weighted by atomic mass is 15.1. The molecule has 81 heavy (non-hydrogen) atoms. The predicted octanol–water partition coefficient (Wildman–Crippen LogP) is 20.5. The number of nitrogens with zero attached hydrogens (tertiary/aromatic N) is 1. The molecule has 0 heterocycles. The van der Waals surface area contributed by atoms with E-state index in [9.17, 15) is 0 Å². The standard InChI is InChI=1S/C80H51N/c1-3-19-52(20-4-1)54-35-37-55(38-36-54)56-39-44-60(45-40-56)81(61-46-41-57(42-47-61)58-43-48-67-66-27-11-15-31-71(66)79(75(67)49-58)69-29-13-7-23-62(69)63-24-8-14-30-70(63)79)77-51-59(53-21-5-2-6-22-53)50-76-78(77)68-28-12-18-34-74(68)80(76)72-32-16-9-25-64(72)65-26-10-17-33-73(65)80/h1-51H. The summed E-state index contributed by atoms with van der Waals surface area (Å²) in [7, 11) is 0. The summed E-state index contributed by atoms with van der Waals surface area (Å²) in [4.78, 5) is 2.53. The van der Waals surface area contributed by atoms with E-state index in [1.165, 1.54) is 134 Å². The maximum absolute atomic E-state index is 2.53. The van der Waals surface area contributed by atoms with Crippen molar-refractivity contribution in [1.82, 2.24) is 0 Å². The number of rotatable bonds is 7. The molecule has 13 aromatic carbocycles. The number of fused-ring (bicyclic) bond motifs is 20. The van der Waals surface area contributed by atoms with Crippen LogP contribution in [0, 0.1) is 0 Å². The van der Waals surface area contributed by atoms with Gasteiger partial charge in [0, 0.05) is 16.9 Å². The molecule has 0 aromatic heterocycles. The van der Waals surface area contributed by atoms with Gasteiger partial charge < -0.3 is 4.90 Å². The topological polar surface area (TPSA) is 3.24 Å². The minimum atomic E-state index is -0.533. The fourth-order valence-electron chi connectivity index (χ4n) is 15.0. The van der Waals surface area contributed by atoms with Gasteiger partial charge in [-0.05, 0) is 170 Å². The second kappa shape index (κ2) is 17.6. The summed E-state index contributed by atoms with van der Waals surface area (Å²) < 4.78 is 0. The van der Waals surface area contributed by atoms with Gasteiger partial charge >= 0.3 is 0 Å². The van der Waals surface area contributed by atoms with E-state index < -0.39 is 10.8 Å². The smallest absolute Gasteiger partial charge is 0.0726 e. The van der Waals surface area contributed by atoms with Crippen LogP contribution in [-0.2, 0) is 10.8 Å². The lowest BCUT2D eigenvalue weighted by molar-refractivity contribution is 0.794. The van der Waals surface area contributed by atoms with Crippen molar-refractivity contribution in [3.63, 3.8) is 0 Å². The third-order valence-electron chi connectivity index (χ3n) is 18.3. The number of hydrogen-bond acceptors (Lipinski definition) is 1. The molecule has 2 spiro atoms. The molecule has 0 unspecified atom stereocenters. The highest BCUT2D eigenvalue weighted by Gasteiger charge is 2.54. The van der Waals surface area contributed by atoms with Crippen molar-refractivity contribution < 1.29 is 0 Å². The van der Waals surface area contributed by atoms with Crippen molar-refractivity contribution in [1.29, 1.82) is 0 Å². The molecule has 0 fully saturated rings. The summed E-state index contributed by atoms with van der Waals surface area (Å²) in [6.45, 7) is 0. The third kappa shape index (κ3) is 6.43. The largest absolute Gasteiger partial charge is 0.310 e. The first-order valence-electron chi connectivity index (χ1n) is 28.3. The molecule has 0 N–H and O–H groups in total. The van der Waals surface area contributed by atoms with Gasteiger partial charge in [-0.2, -0.15) is 0 Å². The maximum atomic E-state index is 2.53.